The molecule has 0 amide bonds. The number of unbranched alkanes of at least 4 members (excludes halogenated alkanes) is 1. The fourth-order valence-electron chi connectivity index (χ4n) is 1.13. The number of hydrogen-bond acceptors (Lipinski definition) is 1. The molecular formula is C10H16ClN. The van der Waals surface area contributed by atoms with Gasteiger partial charge in [0.15, 0.2) is 0 Å². The molecule has 12 heavy (non-hydrogen) atoms. The van der Waals surface area contributed by atoms with Crippen molar-refractivity contribution in [2.45, 2.75) is 26.2 Å². The van der Waals surface area contributed by atoms with Crippen LogP contribution in [0.4, 0.5) is 5.69 Å². The quantitative estimate of drug-likeness (QED) is 0.720. The van der Waals surface area contributed by atoms with Gasteiger partial charge in [0.25, 0.3) is 0 Å². The number of aryl methyl sites for hydroxylation is 1. The standard InChI is InChI=1S/C10H15N.ClH/c1-2-3-6-9-7-4-5-8-10(9)11;/h4-5,7-8H,2-3,6,11H2,1H3;1H. The van der Waals surface area contributed by atoms with Gasteiger partial charge in [-0.25, -0.2) is 0 Å². The Morgan fingerprint density at radius 1 is 1.25 bits per heavy atom. The molecule has 0 aromatic heterocycles. The Morgan fingerprint density at radius 3 is 2.50 bits per heavy atom. The minimum absolute atomic E-state index is 0. The highest BCUT2D eigenvalue weighted by Crippen LogP contribution is 2.12. The molecule has 1 aromatic carbocycles. The SMILES string of the molecule is CCCCc1ccccc1N.Cl. The van der Waals surface area contributed by atoms with Gasteiger partial charge in [-0.3, -0.25) is 0 Å². The predicted octanol–water partition coefficient (Wildman–Crippen LogP) is 3.03. The lowest BCUT2D eigenvalue weighted by atomic mass is 10.1. The van der Waals surface area contributed by atoms with Crippen LogP contribution in [0, 0.1) is 0 Å². The first-order valence-corrected chi connectivity index (χ1v) is 4.18. The third kappa shape index (κ3) is 3.14. The maximum Gasteiger partial charge on any atom is 0.0346 e. The summed E-state index contributed by atoms with van der Waals surface area (Å²) in [6.07, 6.45) is 3.58. The van der Waals surface area contributed by atoms with E-state index in [1.165, 1.54) is 18.4 Å². The summed E-state index contributed by atoms with van der Waals surface area (Å²) in [5.74, 6) is 0. The van der Waals surface area contributed by atoms with Crippen molar-refractivity contribution in [2.24, 2.45) is 0 Å². The van der Waals surface area contributed by atoms with Crippen molar-refractivity contribution in [3.05, 3.63) is 29.8 Å². The molecule has 0 spiro atoms. The summed E-state index contributed by atoms with van der Waals surface area (Å²) >= 11 is 0. The van der Waals surface area contributed by atoms with Crippen LogP contribution in [0.5, 0.6) is 0 Å². The summed E-state index contributed by atoms with van der Waals surface area (Å²) in [6, 6.07) is 8.09. The molecule has 0 aliphatic rings. The van der Waals surface area contributed by atoms with Gasteiger partial charge in [0.2, 0.25) is 0 Å². The smallest absolute Gasteiger partial charge is 0.0346 e. The highest BCUT2D eigenvalue weighted by Gasteiger charge is 1.94. The first kappa shape index (κ1) is 11.3. The number of nitrogen functional groups attached to an aromatic ring is 1. The molecule has 1 rings (SSSR count). The number of hydrogen-bond donors (Lipinski definition) is 1. The minimum atomic E-state index is 0. The molecule has 2 heteroatoms. The Hall–Kier alpha value is -0.690. The maximum atomic E-state index is 5.76. The van der Waals surface area contributed by atoms with Gasteiger partial charge < -0.3 is 5.73 Å². The molecule has 0 radical (unpaired) electrons. The second kappa shape index (κ2) is 5.90. The molecule has 2 N–H and O–H groups in total. The Morgan fingerprint density at radius 2 is 1.92 bits per heavy atom. The Labute approximate surface area is 80.4 Å². The summed E-state index contributed by atoms with van der Waals surface area (Å²) in [6.45, 7) is 2.19. The van der Waals surface area contributed by atoms with E-state index in [9.17, 15) is 0 Å². The zero-order valence-corrected chi connectivity index (χ0v) is 8.23. The van der Waals surface area contributed by atoms with E-state index >= 15 is 0 Å². The van der Waals surface area contributed by atoms with Crippen molar-refractivity contribution >= 4 is 18.1 Å². The van der Waals surface area contributed by atoms with Crippen LogP contribution in [-0.4, -0.2) is 0 Å². The molecule has 68 valence electrons. The van der Waals surface area contributed by atoms with Crippen LogP contribution in [-0.2, 0) is 6.42 Å². The van der Waals surface area contributed by atoms with Crippen molar-refractivity contribution in [3.63, 3.8) is 0 Å². The molecule has 1 nitrogen and oxygen atoms in total. The van der Waals surface area contributed by atoms with Gasteiger partial charge in [-0.1, -0.05) is 31.5 Å². The van der Waals surface area contributed by atoms with Crippen LogP contribution in [0.3, 0.4) is 0 Å². The molecule has 0 bridgehead atoms. The molecule has 0 atom stereocenters. The van der Waals surface area contributed by atoms with E-state index in [1.54, 1.807) is 0 Å². The summed E-state index contributed by atoms with van der Waals surface area (Å²) in [5, 5.41) is 0. The zero-order chi connectivity index (χ0) is 8.10. The molecule has 0 saturated carbocycles. The summed E-state index contributed by atoms with van der Waals surface area (Å²) in [5.41, 5.74) is 7.98. The highest BCUT2D eigenvalue weighted by atomic mass is 35.5. The van der Waals surface area contributed by atoms with Gasteiger partial charge in [-0.15, -0.1) is 12.4 Å². The molecule has 0 unspecified atom stereocenters. The molecule has 0 heterocycles. The lowest BCUT2D eigenvalue weighted by Crippen LogP contribution is -1.92. The minimum Gasteiger partial charge on any atom is -0.399 e. The number of anilines is 1. The second-order valence-corrected chi connectivity index (χ2v) is 2.80. The maximum absolute atomic E-state index is 5.76. The lowest BCUT2D eigenvalue weighted by Gasteiger charge is -2.02. The number of halogens is 1. The van der Waals surface area contributed by atoms with E-state index in [-0.39, 0.29) is 12.4 Å². The van der Waals surface area contributed by atoms with Crippen molar-refractivity contribution in [1.82, 2.24) is 0 Å². The summed E-state index contributed by atoms with van der Waals surface area (Å²) in [7, 11) is 0. The van der Waals surface area contributed by atoms with Crippen LogP contribution in [0.15, 0.2) is 24.3 Å². The van der Waals surface area contributed by atoms with E-state index in [0.29, 0.717) is 0 Å². The fourth-order valence-corrected chi connectivity index (χ4v) is 1.13. The van der Waals surface area contributed by atoms with Crippen LogP contribution < -0.4 is 5.73 Å². The predicted molar refractivity (Wildman–Crippen MR) is 56.7 cm³/mol. The van der Waals surface area contributed by atoms with Crippen molar-refractivity contribution < 1.29 is 0 Å². The number of para-hydroxylation sites is 1. The largest absolute Gasteiger partial charge is 0.399 e. The lowest BCUT2D eigenvalue weighted by molar-refractivity contribution is 0.796. The Bertz CT molecular complexity index is 223. The van der Waals surface area contributed by atoms with Gasteiger partial charge in [0.1, 0.15) is 0 Å². The number of nitrogens with two attached hydrogens (primary N) is 1. The zero-order valence-electron chi connectivity index (χ0n) is 7.42. The topological polar surface area (TPSA) is 26.0 Å². The van der Waals surface area contributed by atoms with Crippen LogP contribution in [0.25, 0.3) is 0 Å². The molecule has 0 saturated heterocycles. The van der Waals surface area contributed by atoms with Crippen molar-refractivity contribution in [3.8, 4) is 0 Å². The fraction of sp³-hybridized carbons (Fsp3) is 0.400. The van der Waals surface area contributed by atoms with E-state index in [4.69, 9.17) is 5.73 Å². The van der Waals surface area contributed by atoms with Crippen LogP contribution in [0.1, 0.15) is 25.3 Å². The van der Waals surface area contributed by atoms with Gasteiger partial charge in [0.05, 0.1) is 0 Å². The monoisotopic (exact) mass is 185 g/mol. The first-order chi connectivity index (χ1) is 5.34. The van der Waals surface area contributed by atoms with E-state index in [2.05, 4.69) is 13.0 Å². The Kier molecular flexibility index (Phi) is 5.56. The van der Waals surface area contributed by atoms with E-state index in [0.717, 1.165) is 12.1 Å². The van der Waals surface area contributed by atoms with Crippen LogP contribution >= 0.6 is 12.4 Å². The van der Waals surface area contributed by atoms with Gasteiger partial charge in [-0.2, -0.15) is 0 Å². The third-order valence-corrected chi connectivity index (χ3v) is 1.85. The summed E-state index contributed by atoms with van der Waals surface area (Å²) in [4.78, 5) is 0. The molecule has 1 aromatic rings. The first-order valence-electron chi connectivity index (χ1n) is 4.18. The highest BCUT2D eigenvalue weighted by molar-refractivity contribution is 5.85. The summed E-state index contributed by atoms with van der Waals surface area (Å²) < 4.78 is 0. The van der Waals surface area contributed by atoms with Gasteiger partial charge >= 0.3 is 0 Å². The van der Waals surface area contributed by atoms with Gasteiger partial charge in [0, 0.05) is 5.69 Å². The number of benzene rings is 1. The molecular weight excluding hydrogens is 170 g/mol. The second-order valence-electron chi connectivity index (χ2n) is 2.80. The molecule has 0 aliphatic carbocycles. The van der Waals surface area contributed by atoms with Crippen molar-refractivity contribution in [1.29, 1.82) is 0 Å². The third-order valence-electron chi connectivity index (χ3n) is 1.85. The molecule has 0 fully saturated rings. The molecule has 0 aliphatic heterocycles. The van der Waals surface area contributed by atoms with E-state index in [1.807, 2.05) is 18.2 Å². The average Bonchev–Trinajstić information content (AvgIpc) is 2.03. The van der Waals surface area contributed by atoms with E-state index < -0.39 is 0 Å². The van der Waals surface area contributed by atoms with Gasteiger partial charge in [-0.05, 0) is 24.5 Å². The van der Waals surface area contributed by atoms with Crippen molar-refractivity contribution in [2.75, 3.05) is 5.73 Å². The number of rotatable bonds is 3. The van der Waals surface area contributed by atoms with Crippen LogP contribution in [0.2, 0.25) is 0 Å². The average molecular weight is 186 g/mol. The normalized spacial score (nSPS) is 9.08. The Balaban J connectivity index is 0.00000121.